The Kier molecular flexibility index (Phi) is 6.60. The fourth-order valence-electron chi connectivity index (χ4n) is 1.17. The van der Waals surface area contributed by atoms with Crippen molar-refractivity contribution in [2.75, 3.05) is 6.61 Å². The molecule has 0 aliphatic rings. The lowest BCUT2D eigenvalue weighted by Crippen LogP contribution is -2.09. The highest BCUT2D eigenvalue weighted by molar-refractivity contribution is 9.10. The van der Waals surface area contributed by atoms with Gasteiger partial charge in [0, 0.05) is 10.4 Å². The van der Waals surface area contributed by atoms with Gasteiger partial charge in [0.15, 0.2) is 5.75 Å². The van der Waals surface area contributed by atoms with Crippen molar-refractivity contribution in [3.05, 3.63) is 20.6 Å². The number of hydrogen-bond donors (Lipinski definition) is 4. The quantitative estimate of drug-likeness (QED) is 0.343. The SMILES string of the molecule is CCOS(c1cc(Cl)c(Br)c(Cl)c1ON)=P(O)(O)O. The maximum absolute atomic E-state index is 9.45. The van der Waals surface area contributed by atoms with Gasteiger partial charge in [-0.05, 0) is 28.9 Å². The van der Waals surface area contributed by atoms with E-state index in [9.17, 15) is 14.7 Å². The van der Waals surface area contributed by atoms with E-state index in [0.717, 1.165) is 0 Å². The molecule has 110 valence electrons. The molecule has 19 heavy (non-hydrogen) atoms. The van der Waals surface area contributed by atoms with Crippen molar-refractivity contribution >= 4 is 56.2 Å². The van der Waals surface area contributed by atoms with Crippen LogP contribution in [0.1, 0.15) is 6.92 Å². The zero-order valence-electron chi connectivity index (χ0n) is 9.51. The number of benzene rings is 1. The van der Waals surface area contributed by atoms with E-state index >= 15 is 0 Å². The summed E-state index contributed by atoms with van der Waals surface area (Å²) in [6, 6.07) is 1.33. The molecule has 0 aliphatic heterocycles. The fourth-order valence-corrected chi connectivity index (χ4v) is 5.31. The third-order valence-electron chi connectivity index (χ3n) is 1.84. The van der Waals surface area contributed by atoms with Crippen LogP contribution in [0.2, 0.25) is 10.0 Å². The van der Waals surface area contributed by atoms with Gasteiger partial charge in [0.2, 0.25) is 0 Å². The van der Waals surface area contributed by atoms with Gasteiger partial charge in [-0.2, -0.15) is 5.90 Å². The first-order valence-electron chi connectivity index (χ1n) is 4.73. The Labute approximate surface area is 130 Å². The van der Waals surface area contributed by atoms with Crippen LogP contribution in [0.4, 0.5) is 0 Å². The maximum atomic E-state index is 9.45. The van der Waals surface area contributed by atoms with Crippen molar-refractivity contribution in [2.24, 2.45) is 5.90 Å². The Bertz CT molecular complexity index is 544. The lowest BCUT2D eigenvalue weighted by Gasteiger charge is -2.18. The van der Waals surface area contributed by atoms with Crippen LogP contribution in [-0.4, -0.2) is 21.3 Å². The molecule has 0 aromatic heterocycles. The van der Waals surface area contributed by atoms with Gasteiger partial charge >= 0.3 is 6.72 Å². The van der Waals surface area contributed by atoms with Gasteiger partial charge in [-0.15, -0.1) is 0 Å². The van der Waals surface area contributed by atoms with Crippen molar-refractivity contribution in [3.8, 4) is 5.75 Å². The van der Waals surface area contributed by atoms with Crippen molar-refractivity contribution in [2.45, 2.75) is 11.8 Å². The molecular weight excluding hydrogens is 404 g/mol. The predicted molar refractivity (Wildman–Crippen MR) is 79.8 cm³/mol. The van der Waals surface area contributed by atoms with Gasteiger partial charge in [-0.3, -0.25) is 0 Å². The van der Waals surface area contributed by atoms with E-state index in [1.807, 2.05) is 0 Å². The first-order chi connectivity index (χ1) is 8.73. The van der Waals surface area contributed by atoms with Gasteiger partial charge in [0.25, 0.3) is 0 Å². The number of nitrogens with two attached hydrogens (primary N) is 1. The molecule has 11 heteroatoms. The standard InChI is InChI=1S/C8H11BrCl2NO5PS/c1-2-16-19(18(13,14)15)5-3-4(10)6(9)7(11)8(5)17-12/h3,13-15H,2,12H2,1H3. The highest BCUT2D eigenvalue weighted by atomic mass is 79.9. The Morgan fingerprint density at radius 2 is 2.00 bits per heavy atom. The average Bonchev–Trinajstić information content (AvgIpc) is 2.31. The molecular formula is C8H11BrCl2NO5PS. The lowest BCUT2D eigenvalue weighted by molar-refractivity contribution is 0.321. The lowest BCUT2D eigenvalue weighted by atomic mass is 10.3. The average molecular weight is 415 g/mol. The van der Waals surface area contributed by atoms with Gasteiger partial charge in [-0.25, -0.2) is 0 Å². The molecule has 0 aliphatic carbocycles. The highest BCUT2D eigenvalue weighted by Crippen LogP contribution is 2.48. The van der Waals surface area contributed by atoms with Crippen molar-refractivity contribution in [3.63, 3.8) is 0 Å². The summed E-state index contributed by atoms with van der Waals surface area (Å²) in [7, 11) is -1.76. The largest absolute Gasteiger partial charge is 0.409 e. The van der Waals surface area contributed by atoms with Crippen LogP contribution in [0.15, 0.2) is 15.4 Å². The molecule has 1 aromatic carbocycles. The molecule has 0 spiro atoms. The molecule has 0 saturated heterocycles. The van der Waals surface area contributed by atoms with Gasteiger partial charge in [0.05, 0.1) is 21.0 Å². The highest BCUT2D eigenvalue weighted by Gasteiger charge is 2.24. The van der Waals surface area contributed by atoms with Crippen molar-refractivity contribution in [1.29, 1.82) is 0 Å². The van der Waals surface area contributed by atoms with Crippen LogP contribution in [0, 0.1) is 0 Å². The molecule has 5 N–H and O–H groups in total. The summed E-state index contributed by atoms with van der Waals surface area (Å²) in [5.74, 6) is 5.06. The van der Waals surface area contributed by atoms with E-state index in [4.69, 9.17) is 33.3 Å². The minimum atomic E-state index is -4.32. The van der Waals surface area contributed by atoms with Crippen LogP contribution < -0.4 is 10.7 Å². The summed E-state index contributed by atoms with van der Waals surface area (Å²) in [6.07, 6.45) is 0. The van der Waals surface area contributed by atoms with Crippen LogP contribution in [0.3, 0.4) is 0 Å². The summed E-state index contributed by atoms with van der Waals surface area (Å²) in [5.41, 5.74) is 0. The number of halogens is 3. The predicted octanol–water partition coefficient (Wildman–Crippen LogP) is 2.59. The third-order valence-corrected chi connectivity index (χ3v) is 7.60. The first kappa shape index (κ1) is 17.7. The van der Waals surface area contributed by atoms with E-state index in [2.05, 4.69) is 20.8 Å². The molecule has 1 aromatic rings. The smallest absolute Gasteiger partial charge is 0.306 e. The second kappa shape index (κ2) is 7.09. The summed E-state index contributed by atoms with van der Waals surface area (Å²) in [4.78, 5) is 33.0. The van der Waals surface area contributed by atoms with Crippen LogP contribution in [-0.2, 0) is 14.5 Å². The minimum Gasteiger partial charge on any atom is -0.409 e. The number of rotatable bonds is 4. The summed E-state index contributed by atoms with van der Waals surface area (Å²) >= 11 is 15.0. The molecule has 0 amide bonds. The normalized spacial score (nSPS) is 13.5. The van der Waals surface area contributed by atoms with E-state index in [0.29, 0.717) is 4.47 Å². The molecule has 0 heterocycles. The van der Waals surface area contributed by atoms with Crippen LogP contribution >= 0.6 is 45.9 Å². The van der Waals surface area contributed by atoms with Crippen LogP contribution in [0.25, 0.3) is 0 Å². The second-order valence-electron chi connectivity index (χ2n) is 3.10. The maximum Gasteiger partial charge on any atom is 0.306 e. The van der Waals surface area contributed by atoms with Gasteiger partial charge in [-0.1, -0.05) is 23.2 Å². The summed E-state index contributed by atoms with van der Waals surface area (Å²) in [5, 5.41) is 0.224. The molecule has 0 radical (unpaired) electrons. The molecule has 0 saturated carbocycles. The van der Waals surface area contributed by atoms with Gasteiger partial charge in [0.1, 0.15) is 5.02 Å². The van der Waals surface area contributed by atoms with E-state index < -0.39 is 17.1 Å². The molecule has 0 fully saturated rings. The Hall–Kier alpha value is 0.660. The van der Waals surface area contributed by atoms with Gasteiger partial charge < -0.3 is 23.7 Å². The monoisotopic (exact) mass is 413 g/mol. The fraction of sp³-hybridized carbons (Fsp3) is 0.250. The molecule has 1 rings (SSSR count). The molecule has 1 unspecified atom stereocenters. The van der Waals surface area contributed by atoms with E-state index in [1.165, 1.54) is 6.07 Å². The Morgan fingerprint density at radius 1 is 1.42 bits per heavy atom. The molecule has 0 bridgehead atoms. The second-order valence-corrected chi connectivity index (χ2v) is 9.34. The van der Waals surface area contributed by atoms with Crippen LogP contribution in [0.5, 0.6) is 5.75 Å². The zero-order chi connectivity index (χ0) is 14.8. The minimum absolute atomic E-state index is 0.0376. The topological polar surface area (TPSA) is 105 Å². The van der Waals surface area contributed by atoms with Crippen molar-refractivity contribution in [1.82, 2.24) is 0 Å². The van der Waals surface area contributed by atoms with E-state index in [1.54, 1.807) is 6.92 Å². The Balaban J connectivity index is 3.67. The first-order valence-corrected chi connectivity index (χ1v) is 9.68. The van der Waals surface area contributed by atoms with Crippen molar-refractivity contribution < 1.29 is 23.7 Å². The third kappa shape index (κ3) is 4.07. The summed E-state index contributed by atoms with van der Waals surface area (Å²) < 4.78 is 5.48. The zero-order valence-corrected chi connectivity index (χ0v) is 14.3. The molecule has 6 nitrogen and oxygen atoms in total. The molecule has 1 atom stereocenters. The summed E-state index contributed by atoms with van der Waals surface area (Å²) in [6.45, 7) is -2.57. The Morgan fingerprint density at radius 3 is 2.42 bits per heavy atom. The number of hydrogen-bond acceptors (Lipinski definition) is 3. The van der Waals surface area contributed by atoms with E-state index in [-0.39, 0.29) is 27.3 Å².